The van der Waals surface area contributed by atoms with E-state index in [1.807, 2.05) is 0 Å². The van der Waals surface area contributed by atoms with E-state index in [-0.39, 0.29) is 28.8 Å². The van der Waals surface area contributed by atoms with Crippen molar-refractivity contribution in [3.63, 3.8) is 0 Å². The first-order valence-corrected chi connectivity index (χ1v) is 7.36. The van der Waals surface area contributed by atoms with Crippen LogP contribution in [-0.4, -0.2) is 17.0 Å². The van der Waals surface area contributed by atoms with Gasteiger partial charge >= 0.3 is 0 Å². The van der Waals surface area contributed by atoms with Crippen molar-refractivity contribution < 1.29 is 9.90 Å². The Bertz CT molecular complexity index is 304. The summed E-state index contributed by atoms with van der Waals surface area (Å²) in [6.45, 7) is 12.9. The summed E-state index contributed by atoms with van der Waals surface area (Å²) in [5.41, 5.74) is 0.0653. The first kappa shape index (κ1) is 15.7. The van der Waals surface area contributed by atoms with Crippen molar-refractivity contribution in [3.8, 4) is 0 Å². The van der Waals surface area contributed by atoms with Crippen molar-refractivity contribution in [1.29, 1.82) is 0 Å². The highest BCUT2D eigenvalue weighted by Crippen LogP contribution is 2.46. The van der Waals surface area contributed by atoms with E-state index in [4.69, 9.17) is 0 Å². The molecule has 3 atom stereocenters. The van der Waals surface area contributed by atoms with E-state index in [0.29, 0.717) is 18.6 Å². The number of aliphatic hydroxyl groups excluding tert-OH is 1. The minimum atomic E-state index is -0.325. The molecule has 0 radical (unpaired) electrons. The summed E-state index contributed by atoms with van der Waals surface area (Å²) in [5.74, 6) is 0.513. The van der Waals surface area contributed by atoms with E-state index in [0.717, 1.165) is 12.8 Å². The van der Waals surface area contributed by atoms with Gasteiger partial charge in [-0.15, -0.1) is 0 Å². The van der Waals surface area contributed by atoms with Crippen molar-refractivity contribution in [2.75, 3.05) is 0 Å². The Morgan fingerprint density at radius 1 is 1.11 bits per heavy atom. The molecule has 0 amide bonds. The third-order valence-electron chi connectivity index (χ3n) is 5.52. The minimum absolute atomic E-state index is 0.0133. The number of rotatable bonds is 4. The molecular formula is C16H30O2. The van der Waals surface area contributed by atoms with Gasteiger partial charge in [-0.25, -0.2) is 0 Å². The van der Waals surface area contributed by atoms with Gasteiger partial charge in [0, 0.05) is 12.3 Å². The van der Waals surface area contributed by atoms with Crippen LogP contribution < -0.4 is 0 Å². The number of hydrogen-bond acceptors (Lipinski definition) is 2. The molecule has 18 heavy (non-hydrogen) atoms. The molecule has 0 aliphatic heterocycles. The SMILES string of the molecule is CCC(C)(C)C1CC(O)C(C(C)(C)CC)CC1=O. The van der Waals surface area contributed by atoms with Crippen LogP contribution in [0.1, 0.15) is 67.2 Å². The summed E-state index contributed by atoms with van der Waals surface area (Å²) in [7, 11) is 0. The maximum atomic E-state index is 12.4. The van der Waals surface area contributed by atoms with Gasteiger partial charge in [-0.2, -0.15) is 0 Å². The quantitative estimate of drug-likeness (QED) is 0.828. The molecule has 0 aromatic rings. The second-order valence-electron chi connectivity index (χ2n) is 7.32. The predicted octanol–water partition coefficient (Wildman–Crippen LogP) is 3.82. The van der Waals surface area contributed by atoms with Crippen molar-refractivity contribution >= 4 is 5.78 Å². The molecule has 1 N–H and O–H groups in total. The molecule has 1 saturated carbocycles. The van der Waals surface area contributed by atoms with Gasteiger partial charge in [-0.05, 0) is 23.2 Å². The maximum absolute atomic E-state index is 12.4. The second-order valence-corrected chi connectivity index (χ2v) is 7.32. The maximum Gasteiger partial charge on any atom is 0.137 e. The van der Waals surface area contributed by atoms with Crippen LogP contribution in [0.15, 0.2) is 0 Å². The van der Waals surface area contributed by atoms with Crippen molar-refractivity contribution in [2.45, 2.75) is 73.3 Å². The Hall–Kier alpha value is -0.370. The molecule has 1 rings (SSSR count). The lowest BCUT2D eigenvalue weighted by molar-refractivity contribution is -0.139. The highest BCUT2D eigenvalue weighted by atomic mass is 16.3. The van der Waals surface area contributed by atoms with Gasteiger partial charge in [0.05, 0.1) is 6.10 Å². The lowest BCUT2D eigenvalue weighted by Gasteiger charge is -2.45. The largest absolute Gasteiger partial charge is 0.393 e. The van der Waals surface area contributed by atoms with Gasteiger partial charge in [0.25, 0.3) is 0 Å². The van der Waals surface area contributed by atoms with Gasteiger partial charge in [0.2, 0.25) is 0 Å². The minimum Gasteiger partial charge on any atom is -0.393 e. The molecule has 0 aromatic heterocycles. The smallest absolute Gasteiger partial charge is 0.137 e. The fourth-order valence-electron chi connectivity index (χ4n) is 3.09. The summed E-state index contributed by atoms with van der Waals surface area (Å²) < 4.78 is 0. The Morgan fingerprint density at radius 2 is 1.61 bits per heavy atom. The molecule has 0 aromatic carbocycles. The fourth-order valence-corrected chi connectivity index (χ4v) is 3.09. The topological polar surface area (TPSA) is 37.3 Å². The number of ketones is 1. The van der Waals surface area contributed by atoms with Crippen LogP contribution in [0, 0.1) is 22.7 Å². The molecule has 0 heterocycles. The first-order valence-electron chi connectivity index (χ1n) is 7.36. The molecule has 0 spiro atoms. The number of carbonyl (C=O) groups excluding carboxylic acids is 1. The fraction of sp³-hybridized carbons (Fsp3) is 0.938. The summed E-state index contributed by atoms with van der Waals surface area (Å²) >= 11 is 0. The molecule has 1 fully saturated rings. The van der Waals surface area contributed by atoms with Gasteiger partial charge in [0.15, 0.2) is 0 Å². The van der Waals surface area contributed by atoms with Crippen molar-refractivity contribution in [1.82, 2.24) is 0 Å². The van der Waals surface area contributed by atoms with E-state index in [1.165, 1.54) is 0 Å². The predicted molar refractivity (Wildman–Crippen MR) is 75.4 cm³/mol. The van der Waals surface area contributed by atoms with Crippen LogP contribution in [0.2, 0.25) is 0 Å². The lowest BCUT2D eigenvalue weighted by atomic mass is 9.60. The Kier molecular flexibility index (Phi) is 4.64. The average molecular weight is 254 g/mol. The number of hydrogen-bond donors (Lipinski definition) is 1. The summed E-state index contributed by atoms with van der Waals surface area (Å²) in [4.78, 5) is 12.4. The third-order valence-corrected chi connectivity index (χ3v) is 5.52. The Morgan fingerprint density at radius 3 is 2.06 bits per heavy atom. The zero-order chi connectivity index (χ0) is 14.1. The zero-order valence-electron chi connectivity index (χ0n) is 12.9. The van der Waals surface area contributed by atoms with Gasteiger partial charge in [-0.1, -0.05) is 54.4 Å². The van der Waals surface area contributed by atoms with Gasteiger partial charge < -0.3 is 5.11 Å². The lowest BCUT2D eigenvalue weighted by Crippen LogP contribution is -2.46. The molecule has 2 nitrogen and oxygen atoms in total. The Balaban J connectivity index is 2.87. The zero-order valence-corrected chi connectivity index (χ0v) is 12.9. The number of aliphatic hydroxyl groups is 1. The van der Waals surface area contributed by atoms with E-state index in [9.17, 15) is 9.90 Å². The van der Waals surface area contributed by atoms with Crippen LogP contribution in [0.3, 0.4) is 0 Å². The summed E-state index contributed by atoms with van der Waals surface area (Å²) in [6.07, 6.45) is 2.86. The molecule has 1 aliphatic carbocycles. The molecule has 0 bridgehead atoms. The molecule has 0 saturated heterocycles. The standard InChI is InChI=1S/C16H30O2/c1-7-15(3,4)11-9-14(18)12(10-13(11)17)16(5,6)8-2/h11-13,17H,7-10H2,1-6H3. The summed E-state index contributed by atoms with van der Waals surface area (Å²) in [5, 5.41) is 10.4. The van der Waals surface area contributed by atoms with Gasteiger partial charge in [0.1, 0.15) is 5.78 Å². The highest BCUT2D eigenvalue weighted by molar-refractivity contribution is 5.83. The number of carbonyl (C=O) groups is 1. The normalized spacial score (nSPS) is 30.6. The molecular weight excluding hydrogens is 224 g/mol. The highest BCUT2D eigenvalue weighted by Gasteiger charge is 2.45. The monoisotopic (exact) mass is 254 g/mol. The van der Waals surface area contributed by atoms with Crippen LogP contribution >= 0.6 is 0 Å². The van der Waals surface area contributed by atoms with E-state index < -0.39 is 0 Å². The molecule has 3 unspecified atom stereocenters. The van der Waals surface area contributed by atoms with Crippen molar-refractivity contribution in [2.24, 2.45) is 22.7 Å². The molecule has 106 valence electrons. The van der Waals surface area contributed by atoms with E-state index in [1.54, 1.807) is 0 Å². The van der Waals surface area contributed by atoms with Crippen LogP contribution in [-0.2, 0) is 4.79 Å². The first-order chi connectivity index (χ1) is 8.15. The number of Topliss-reactive ketones (excluding diaryl/α,β-unsaturated/α-hetero) is 1. The Labute approximate surface area is 112 Å². The van der Waals surface area contributed by atoms with Gasteiger partial charge in [-0.3, -0.25) is 4.79 Å². The van der Waals surface area contributed by atoms with E-state index in [2.05, 4.69) is 41.5 Å². The average Bonchev–Trinajstić information content (AvgIpc) is 2.31. The molecule has 2 heteroatoms. The van der Waals surface area contributed by atoms with Crippen LogP contribution in [0.25, 0.3) is 0 Å². The third kappa shape index (κ3) is 2.96. The van der Waals surface area contributed by atoms with E-state index >= 15 is 0 Å². The van der Waals surface area contributed by atoms with Crippen LogP contribution in [0.4, 0.5) is 0 Å². The summed E-state index contributed by atoms with van der Waals surface area (Å²) in [6, 6.07) is 0. The van der Waals surface area contributed by atoms with Crippen LogP contribution in [0.5, 0.6) is 0 Å². The second kappa shape index (κ2) is 5.32. The molecule has 1 aliphatic rings. The van der Waals surface area contributed by atoms with Crippen molar-refractivity contribution in [3.05, 3.63) is 0 Å².